The van der Waals surface area contributed by atoms with Gasteiger partial charge in [0.05, 0.1) is 12.1 Å². The molecule has 0 heterocycles. The molecule has 0 aromatic rings. The molecule has 0 saturated heterocycles. The van der Waals surface area contributed by atoms with Crippen molar-refractivity contribution in [2.75, 3.05) is 13.7 Å². The topological polar surface area (TPSA) is 64.3 Å². The van der Waals surface area contributed by atoms with Crippen LogP contribution in [0.4, 0.5) is 0 Å². The highest BCUT2D eigenvalue weighted by molar-refractivity contribution is 5.79. The molecule has 2 fully saturated rings. The molecule has 4 heteroatoms. The molecule has 0 spiro atoms. The van der Waals surface area contributed by atoms with E-state index in [2.05, 4.69) is 5.32 Å². The van der Waals surface area contributed by atoms with Crippen LogP contribution in [0.1, 0.15) is 46.0 Å². The van der Waals surface area contributed by atoms with Gasteiger partial charge in [0.2, 0.25) is 5.91 Å². The van der Waals surface area contributed by atoms with E-state index in [9.17, 15) is 4.79 Å². The first-order chi connectivity index (χ1) is 8.93. The number of hydrogen-bond acceptors (Lipinski definition) is 3. The first-order valence-corrected chi connectivity index (χ1v) is 7.49. The van der Waals surface area contributed by atoms with Crippen molar-refractivity contribution in [3.05, 3.63) is 0 Å². The Hall–Kier alpha value is -0.610. The highest BCUT2D eigenvalue weighted by atomic mass is 16.5. The molecule has 2 aliphatic carbocycles. The van der Waals surface area contributed by atoms with Crippen molar-refractivity contribution in [2.24, 2.45) is 23.5 Å². The van der Waals surface area contributed by atoms with Gasteiger partial charge < -0.3 is 15.8 Å². The molecular weight excluding hydrogens is 240 g/mol. The number of methoxy groups -OCH3 is 1. The summed E-state index contributed by atoms with van der Waals surface area (Å²) in [4.78, 5) is 12.4. The largest absolute Gasteiger partial charge is 0.382 e. The summed E-state index contributed by atoms with van der Waals surface area (Å²) in [5, 5.41) is 3.13. The minimum absolute atomic E-state index is 0.145. The van der Waals surface area contributed by atoms with Crippen molar-refractivity contribution in [1.82, 2.24) is 5.32 Å². The molecule has 2 unspecified atom stereocenters. The van der Waals surface area contributed by atoms with Gasteiger partial charge in [0.1, 0.15) is 0 Å². The van der Waals surface area contributed by atoms with Crippen LogP contribution in [0.15, 0.2) is 0 Å². The Labute approximate surface area is 116 Å². The summed E-state index contributed by atoms with van der Waals surface area (Å²) in [6.07, 6.45) is 5.61. The van der Waals surface area contributed by atoms with Crippen molar-refractivity contribution >= 4 is 5.91 Å². The van der Waals surface area contributed by atoms with Crippen molar-refractivity contribution in [3.63, 3.8) is 0 Å². The molecular formula is C15H28N2O2. The van der Waals surface area contributed by atoms with E-state index in [0.717, 1.165) is 12.8 Å². The number of carbonyl (C=O) groups excluding carboxylic acids is 1. The van der Waals surface area contributed by atoms with E-state index >= 15 is 0 Å². The van der Waals surface area contributed by atoms with Crippen molar-refractivity contribution in [2.45, 2.75) is 57.5 Å². The van der Waals surface area contributed by atoms with E-state index in [-0.39, 0.29) is 17.4 Å². The number of fused-ring (bicyclic) bond motifs is 2. The lowest BCUT2D eigenvalue weighted by Gasteiger charge is -2.44. The van der Waals surface area contributed by atoms with Crippen LogP contribution in [0.3, 0.4) is 0 Å². The minimum atomic E-state index is -0.291. The number of hydrogen-bond donors (Lipinski definition) is 2. The van der Waals surface area contributed by atoms with Gasteiger partial charge in [-0.2, -0.15) is 0 Å². The molecule has 2 atom stereocenters. The first-order valence-electron chi connectivity index (χ1n) is 7.49. The van der Waals surface area contributed by atoms with Crippen LogP contribution < -0.4 is 11.1 Å². The fourth-order valence-corrected chi connectivity index (χ4v) is 3.84. The smallest absolute Gasteiger partial charge is 0.223 e. The van der Waals surface area contributed by atoms with E-state index in [4.69, 9.17) is 10.5 Å². The fourth-order valence-electron chi connectivity index (χ4n) is 3.84. The van der Waals surface area contributed by atoms with Gasteiger partial charge in [0.25, 0.3) is 0 Å². The maximum absolute atomic E-state index is 12.4. The summed E-state index contributed by atoms with van der Waals surface area (Å²) in [6, 6.07) is 0.324. The zero-order chi connectivity index (χ0) is 14.0. The van der Waals surface area contributed by atoms with Gasteiger partial charge in [-0.25, -0.2) is 0 Å². The molecule has 2 aliphatic rings. The van der Waals surface area contributed by atoms with E-state index in [1.54, 1.807) is 7.11 Å². The third-order valence-corrected chi connectivity index (χ3v) is 4.75. The van der Waals surface area contributed by atoms with Gasteiger partial charge in [-0.15, -0.1) is 0 Å². The third kappa shape index (κ3) is 3.48. The maximum atomic E-state index is 12.4. The quantitative estimate of drug-likeness (QED) is 0.815. The molecule has 4 nitrogen and oxygen atoms in total. The van der Waals surface area contributed by atoms with Crippen LogP contribution in [-0.2, 0) is 9.53 Å². The van der Waals surface area contributed by atoms with Gasteiger partial charge in [-0.05, 0) is 51.4 Å². The summed E-state index contributed by atoms with van der Waals surface area (Å²) in [6.45, 7) is 4.55. The summed E-state index contributed by atoms with van der Waals surface area (Å²) in [7, 11) is 1.66. The average Bonchev–Trinajstić information content (AvgIpc) is 2.27. The lowest BCUT2D eigenvalue weighted by Crippen LogP contribution is -2.53. The molecule has 0 aliphatic heterocycles. The molecule has 19 heavy (non-hydrogen) atoms. The molecule has 2 rings (SSSR count). The van der Waals surface area contributed by atoms with Gasteiger partial charge in [0.15, 0.2) is 0 Å². The first kappa shape index (κ1) is 14.8. The lowest BCUT2D eigenvalue weighted by molar-refractivity contribution is -0.130. The normalized spacial score (nSPS) is 34.9. The maximum Gasteiger partial charge on any atom is 0.223 e. The molecule has 0 aromatic carbocycles. The number of nitrogens with two attached hydrogens (primary N) is 1. The van der Waals surface area contributed by atoms with E-state index < -0.39 is 0 Å². The Morgan fingerprint density at radius 1 is 1.32 bits per heavy atom. The SMILES string of the molecule is COCC(C)(C)NC(=O)C1CC2CCCC(C1)C2N. The molecule has 2 saturated carbocycles. The van der Waals surface area contributed by atoms with Crippen LogP contribution in [0.2, 0.25) is 0 Å². The van der Waals surface area contributed by atoms with E-state index in [1.807, 2.05) is 13.8 Å². The van der Waals surface area contributed by atoms with Crippen molar-refractivity contribution < 1.29 is 9.53 Å². The van der Waals surface area contributed by atoms with Crippen LogP contribution in [0.25, 0.3) is 0 Å². The summed E-state index contributed by atoms with van der Waals surface area (Å²) >= 11 is 0. The second-order valence-electron chi connectivity index (χ2n) is 7.00. The molecule has 2 bridgehead atoms. The van der Waals surface area contributed by atoms with Crippen molar-refractivity contribution in [1.29, 1.82) is 0 Å². The van der Waals surface area contributed by atoms with Crippen LogP contribution in [-0.4, -0.2) is 31.2 Å². The molecule has 110 valence electrons. The van der Waals surface area contributed by atoms with E-state index in [0.29, 0.717) is 24.5 Å². The Morgan fingerprint density at radius 2 is 1.89 bits per heavy atom. The highest BCUT2D eigenvalue weighted by Crippen LogP contribution is 2.41. The summed E-state index contributed by atoms with van der Waals surface area (Å²) in [5.74, 6) is 1.43. The minimum Gasteiger partial charge on any atom is -0.382 e. The summed E-state index contributed by atoms with van der Waals surface area (Å²) in [5.41, 5.74) is 5.98. The van der Waals surface area contributed by atoms with Crippen molar-refractivity contribution in [3.8, 4) is 0 Å². The van der Waals surface area contributed by atoms with Gasteiger partial charge in [-0.1, -0.05) is 6.42 Å². The number of carbonyl (C=O) groups is 1. The molecule has 0 aromatic heterocycles. The van der Waals surface area contributed by atoms with Crippen LogP contribution >= 0.6 is 0 Å². The fraction of sp³-hybridized carbons (Fsp3) is 0.933. The average molecular weight is 268 g/mol. The second kappa shape index (κ2) is 5.80. The Kier molecular flexibility index (Phi) is 4.51. The number of amides is 1. The van der Waals surface area contributed by atoms with E-state index in [1.165, 1.54) is 19.3 Å². The van der Waals surface area contributed by atoms with Crippen LogP contribution in [0.5, 0.6) is 0 Å². The van der Waals surface area contributed by atoms with Gasteiger partial charge >= 0.3 is 0 Å². The predicted octanol–water partition coefficient (Wildman–Crippen LogP) is 1.68. The third-order valence-electron chi connectivity index (χ3n) is 4.75. The lowest BCUT2D eigenvalue weighted by atomic mass is 9.65. The monoisotopic (exact) mass is 268 g/mol. The molecule has 0 radical (unpaired) electrons. The Bertz CT molecular complexity index is 316. The Balaban J connectivity index is 1.94. The number of nitrogens with one attached hydrogen (secondary N) is 1. The zero-order valence-corrected chi connectivity index (χ0v) is 12.4. The van der Waals surface area contributed by atoms with Crippen LogP contribution in [0, 0.1) is 17.8 Å². The zero-order valence-electron chi connectivity index (χ0n) is 12.4. The van der Waals surface area contributed by atoms with Gasteiger partial charge in [0, 0.05) is 19.1 Å². The molecule has 1 amide bonds. The number of rotatable bonds is 4. The van der Waals surface area contributed by atoms with Gasteiger partial charge in [-0.3, -0.25) is 4.79 Å². The summed E-state index contributed by atoms with van der Waals surface area (Å²) < 4.78 is 5.15. The predicted molar refractivity (Wildman–Crippen MR) is 75.6 cm³/mol. The second-order valence-corrected chi connectivity index (χ2v) is 7.00. The standard InChI is InChI=1S/C15H28N2O2/c1-15(2,9-19-3)17-14(18)12-7-10-5-4-6-11(8-12)13(10)16/h10-13H,4-9,16H2,1-3H3,(H,17,18). The Morgan fingerprint density at radius 3 is 2.42 bits per heavy atom. The number of ether oxygens (including phenoxy) is 1. The highest BCUT2D eigenvalue weighted by Gasteiger charge is 2.41. The molecule has 3 N–H and O–H groups in total.